The molecule has 142 valence electrons. The molecule has 0 saturated carbocycles. The Morgan fingerprint density at radius 3 is 2.34 bits per heavy atom. The lowest BCUT2D eigenvalue weighted by molar-refractivity contribution is -0.384. The molecule has 0 radical (unpaired) electrons. The zero-order chi connectivity index (χ0) is 20.4. The smallest absolute Gasteiger partial charge is 0.271 e. The van der Waals surface area contributed by atoms with E-state index in [1.165, 1.54) is 29.2 Å². The van der Waals surface area contributed by atoms with Crippen LogP contribution in [0.4, 0.5) is 17.1 Å². The lowest BCUT2D eigenvalue weighted by atomic mass is 10.0. The fraction of sp³-hybridized carbons (Fsp3) is 0. The number of non-ortho nitro benzene ring substituents is 1. The molecule has 0 aliphatic carbocycles. The third-order valence-electron chi connectivity index (χ3n) is 4.63. The van der Waals surface area contributed by atoms with Crippen molar-refractivity contribution in [1.29, 1.82) is 0 Å². The first-order chi connectivity index (χ1) is 14.1. The van der Waals surface area contributed by atoms with Crippen LogP contribution in [0.1, 0.15) is 10.4 Å². The number of aromatic hydroxyl groups is 1. The van der Waals surface area contributed by atoms with Gasteiger partial charge in [-0.3, -0.25) is 19.8 Å². The Kier molecular flexibility index (Phi) is 4.66. The van der Waals surface area contributed by atoms with Gasteiger partial charge in [0.1, 0.15) is 5.75 Å². The maximum Gasteiger partial charge on any atom is 0.271 e. The van der Waals surface area contributed by atoms with Gasteiger partial charge >= 0.3 is 0 Å². The minimum Gasteiger partial charge on any atom is -0.506 e. The zero-order valence-corrected chi connectivity index (χ0v) is 15.2. The van der Waals surface area contributed by atoms with Crippen LogP contribution in [0, 0.1) is 10.1 Å². The van der Waals surface area contributed by atoms with Crippen molar-refractivity contribution in [2.24, 2.45) is 0 Å². The van der Waals surface area contributed by atoms with Crippen LogP contribution in [0.2, 0.25) is 0 Å². The predicted octanol–water partition coefficient (Wildman–Crippen LogP) is 5.43. The molecule has 0 heterocycles. The summed E-state index contributed by atoms with van der Waals surface area (Å²) in [6, 6.07) is 25.0. The molecule has 0 aliphatic rings. The van der Waals surface area contributed by atoms with E-state index in [9.17, 15) is 20.0 Å². The number of nitro groups is 1. The number of phenols is 1. The molecule has 0 aromatic heterocycles. The molecule has 4 aromatic rings. The first-order valence-corrected chi connectivity index (χ1v) is 8.91. The first-order valence-electron chi connectivity index (χ1n) is 8.91. The topological polar surface area (TPSA) is 83.7 Å². The number of anilines is 2. The highest BCUT2D eigenvalue weighted by Gasteiger charge is 2.25. The van der Waals surface area contributed by atoms with Crippen molar-refractivity contribution in [3.05, 3.63) is 107 Å². The van der Waals surface area contributed by atoms with Crippen molar-refractivity contribution in [3.8, 4) is 5.75 Å². The summed E-state index contributed by atoms with van der Waals surface area (Å²) in [5.74, 6) is -0.503. The van der Waals surface area contributed by atoms with Crippen molar-refractivity contribution in [2.75, 3.05) is 4.90 Å². The van der Waals surface area contributed by atoms with E-state index in [0.717, 1.165) is 5.39 Å². The van der Waals surface area contributed by atoms with E-state index in [4.69, 9.17) is 0 Å². The van der Waals surface area contributed by atoms with Crippen molar-refractivity contribution in [3.63, 3.8) is 0 Å². The fourth-order valence-corrected chi connectivity index (χ4v) is 3.28. The monoisotopic (exact) mass is 384 g/mol. The molecule has 1 amide bonds. The predicted molar refractivity (Wildman–Crippen MR) is 112 cm³/mol. The van der Waals surface area contributed by atoms with Crippen molar-refractivity contribution in [2.45, 2.75) is 0 Å². The minimum absolute atomic E-state index is 0.0977. The molecule has 4 rings (SSSR count). The van der Waals surface area contributed by atoms with Gasteiger partial charge < -0.3 is 5.11 Å². The van der Waals surface area contributed by atoms with Crippen LogP contribution < -0.4 is 4.90 Å². The molecule has 0 atom stereocenters. The zero-order valence-electron chi connectivity index (χ0n) is 15.2. The summed E-state index contributed by atoms with van der Waals surface area (Å²) in [6.07, 6.45) is 0. The van der Waals surface area contributed by atoms with E-state index in [1.54, 1.807) is 48.5 Å². The highest BCUT2D eigenvalue weighted by atomic mass is 16.6. The molecule has 0 aliphatic heterocycles. The highest BCUT2D eigenvalue weighted by Crippen LogP contribution is 2.41. The number of carbonyl (C=O) groups excluding carboxylic acids is 1. The van der Waals surface area contributed by atoms with Crippen LogP contribution in [0.3, 0.4) is 0 Å². The summed E-state index contributed by atoms with van der Waals surface area (Å²) in [6.45, 7) is 0. The Labute approximate surface area is 166 Å². The van der Waals surface area contributed by atoms with Crippen LogP contribution in [-0.4, -0.2) is 15.9 Å². The number of hydrogen-bond donors (Lipinski definition) is 1. The van der Waals surface area contributed by atoms with E-state index < -0.39 is 10.8 Å². The van der Waals surface area contributed by atoms with Crippen LogP contribution in [0.25, 0.3) is 10.8 Å². The molecule has 6 heteroatoms. The highest BCUT2D eigenvalue weighted by molar-refractivity contribution is 6.16. The number of nitrogens with zero attached hydrogens (tertiary/aromatic N) is 2. The molecule has 0 spiro atoms. The molecule has 4 aromatic carbocycles. The lowest BCUT2D eigenvalue weighted by Crippen LogP contribution is -2.26. The molecule has 0 bridgehead atoms. The van der Waals surface area contributed by atoms with E-state index in [0.29, 0.717) is 16.6 Å². The molecule has 29 heavy (non-hydrogen) atoms. The number of benzene rings is 4. The summed E-state index contributed by atoms with van der Waals surface area (Å²) in [5, 5.41) is 23.5. The van der Waals surface area contributed by atoms with E-state index >= 15 is 0 Å². The molecule has 6 nitrogen and oxygen atoms in total. The lowest BCUT2D eigenvalue weighted by Gasteiger charge is -2.25. The Bertz CT molecular complexity index is 1220. The Morgan fingerprint density at radius 2 is 1.59 bits per heavy atom. The van der Waals surface area contributed by atoms with Gasteiger partial charge in [-0.2, -0.15) is 0 Å². The van der Waals surface area contributed by atoms with Crippen molar-refractivity contribution < 1.29 is 14.8 Å². The summed E-state index contributed by atoms with van der Waals surface area (Å²) in [5.41, 5.74) is 0.816. The van der Waals surface area contributed by atoms with Crippen molar-refractivity contribution >= 4 is 33.7 Å². The number of hydrogen-bond acceptors (Lipinski definition) is 4. The molecule has 1 N–H and O–H groups in total. The standard InChI is InChI=1S/C23H16N2O4/c26-21-14-13-16-7-4-5-12-20(16)22(21)24(23(27)17-8-2-1-3-9-17)18-10-6-11-19(15-18)25(28)29/h1-15,26H. The van der Waals surface area contributed by atoms with Gasteiger partial charge in [-0.05, 0) is 29.7 Å². The summed E-state index contributed by atoms with van der Waals surface area (Å²) >= 11 is 0. The van der Waals surface area contributed by atoms with E-state index in [2.05, 4.69) is 0 Å². The summed E-state index contributed by atoms with van der Waals surface area (Å²) in [4.78, 5) is 25.6. The van der Waals surface area contributed by atoms with Gasteiger partial charge in [-0.1, -0.05) is 54.6 Å². The number of nitro benzene ring substituents is 1. The number of amides is 1. The number of carbonyl (C=O) groups is 1. The molecule has 0 saturated heterocycles. The van der Waals surface area contributed by atoms with Crippen LogP contribution in [-0.2, 0) is 0 Å². The van der Waals surface area contributed by atoms with Crippen molar-refractivity contribution in [1.82, 2.24) is 0 Å². The second kappa shape index (κ2) is 7.44. The van der Waals surface area contributed by atoms with Crippen LogP contribution in [0.5, 0.6) is 5.75 Å². The minimum atomic E-state index is -0.516. The van der Waals surface area contributed by atoms with Gasteiger partial charge in [-0.15, -0.1) is 0 Å². The number of phenolic OH excluding ortho intramolecular Hbond substituents is 1. The largest absolute Gasteiger partial charge is 0.506 e. The maximum absolute atomic E-state index is 13.5. The number of rotatable bonds is 4. The molecular weight excluding hydrogens is 368 g/mol. The number of fused-ring (bicyclic) bond motifs is 1. The molecule has 0 unspecified atom stereocenters. The average molecular weight is 384 g/mol. The van der Waals surface area contributed by atoms with Gasteiger partial charge in [0, 0.05) is 23.1 Å². The third kappa shape index (κ3) is 3.39. The van der Waals surface area contributed by atoms with Crippen LogP contribution in [0.15, 0.2) is 91.0 Å². The normalized spacial score (nSPS) is 10.6. The van der Waals surface area contributed by atoms with E-state index in [-0.39, 0.29) is 17.1 Å². The van der Waals surface area contributed by atoms with Gasteiger partial charge in [0.2, 0.25) is 0 Å². The summed E-state index contributed by atoms with van der Waals surface area (Å²) in [7, 11) is 0. The fourth-order valence-electron chi connectivity index (χ4n) is 3.28. The second-order valence-electron chi connectivity index (χ2n) is 6.44. The summed E-state index contributed by atoms with van der Waals surface area (Å²) < 4.78 is 0. The van der Waals surface area contributed by atoms with Crippen LogP contribution >= 0.6 is 0 Å². The molecular formula is C23H16N2O4. The van der Waals surface area contributed by atoms with Gasteiger partial charge in [0.25, 0.3) is 11.6 Å². The quantitative estimate of drug-likeness (QED) is 0.375. The maximum atomic E-state index is 13.5. The third-order valence-corrected chi connectivity index (χ3v) is 4.63. The molecule has 0 fully saturated rings. The van der Waals surface area contributed by atoms with Gasteiger partial charge in [-0.25, -0.2) is 0 Å². The van der Waals surface area contributed by atoms with Gasteiger partial charge in [0.05, 0.1) is 16.3 Å². The van der Waals surface area contributed by atoms with Gasteiger partial charge in [0.15, 0.2) is 0 Å². The Hall–Kier alpha value is -4.19. The SMILES string of the molecule is O=C(c1ccccc1)N(c1cccc([N+](=O)[O-])c1)c1c(O)ccc2ccccc12. The Balaban J connectivity index is 2.00. The second-order valence-corrected chi connectivity index (χ2v) is 6.44. The Morgan fingerprint density at radius 1 is 0.862 bits per heavy atom. The average Bonchev–Trinajstić information content (AvgIpc) is 2.76. The first kappa shape index (κ1) is 18.2. The van der Waals surface area contributed by atoms with E-state index in [1.807, 2.05) is 18.2 Å².